The zero-order chi connectivity index (χ0) is 19.3. The van der Waals surface area contributed by atoms with E-state index >= 15 is 0 Å². The lowest BCUT2D eigenvalue weighted by Crippen LogP contribution is -2.43. The van der Waals surface area contributed by atoms with Gasteiger partial charge in [-0.2, -0.15) is 0 Å². The third kappa shape index (κ3) is 3.07. The second-order valence-electron chi connectivity index (χ2n) is 7.23. The van der Waals surface area contributed by atoms with E-state index < -0.39 is 0 Å². The molecule has 2 fully saturated rings. The second kappa shape index (κ2) is 6.78. The van der Waals surface area contributed by atoms with Gasteiger partial charge in [0.05, 0.1) is 35.6 Å². The molecule has 1 aromatic rings. The number of ether oxygens (including phenoxy) is 1. The number of fused-ring (bicyclic) bond motifs is 1. The first-order valence-corrected chi connectivity index (χ1v) is 9.72. The zero-order valence-corrected chi connectivity index (χ0v) is 16.5. The van der Waals surface area contributed by atoms with Crippen LogP contribution in [0, 0.1) is 11.8 Å². The van der Waals surface area contributed by atoms with Crippen LogP contribution in [0.2, 0.25) is 0 Å². The van der Waals surface area contributed by atoms with Crippen molar-refractivity contribution in [2.45, 2.75) is 38.3 Å². The average Bonchev–Trinajstić information content (AvgIpc) is 3.26. The largest absolute Gasteiger partial charge is 0.469 e. The van der Waals surface area contributed by atoms with Gasteiger partial charge in [-0.1, -0.05) is 0 Å². The number of carbonyl (C=O) groups excluding carboxylic acids is 4. The highest BCUT2D eigenvalue weighted by Gasteiger charge is 2.55. The first-order valence-electron chi connectivity index (χ1n) is 9.01. The highest BCUT2D eigenvalue weighted by molar-refractivity contribution is 9.08. The van der Waals surface area contributed by atoms with Crippen LogP contribution in [-0.2, 0) is 32.1 Å². The number of aromatic nitrogens is 1. The number of esters is 1. The van der Waals surface area contributed by atoms with E-state index in [-0.39, 0.29) is 54.4 Å². The lowest BCUT2D eigenvalue weighted by Gasteiger charge is -2.30. The molecular weight excluding hydrogens is 418 g/mol. The van der Waals surface area contributed by atoms with E-state index in [4.69, 9.17) is 0 Å². The Morgan fingerprint density at radius 2 is 2.04 bits per heavy atom. The summed E-state index contributed by atoms with van der Waals surface area (Å²) in [5.41, 5.74) is 1.56. The highest BCUT2D eigenvalue weighted by Crippen LogP contribution is 2.47. The highest BCUT2D eigenvalue weighted by atomic mass is 79.9. The molecule has 3 aliphatic rings. The van der Waals surface area contributed by atoms with Gasteiger partial charge in [-0.15, -0.1) is 0 Å². The summed E-state index contributed by atoms with van der Waals surface area (Å²) in [4.78, 5) is 50.0. The Balaban J connectivity index is 1.43. The van der Waals surface area contributed by atoms with Crippen LogP contribution in [0.3, 0.4) is 0 Å². The van der Waals surface area contributed by atoms with Gasteiger partial charge in [0.1, 0.15) is 5.69 Å². The van der Waals surface area contributed by atoms with Crippen LogP contribution < -0.4 is 0 Å². The molecule has 3 atom stereocenters. The van der Waals surface area contributed by atoms with Crippen molar-refractivity contribution in [1.82, 2.24) is 13.4 Å². The SMILES string of the molecule is COC(=O)CCc1ccc2n1CCN(C1CC1C1CC(=O)N(Br)C1=O)C2=O. The summed E-state index contributed by atoms with van der Waals surface area (Å²) in [5.74, 6) is -1.03. The Kier molecular flexibility index (Phi) is 4.57. The monoisotopic (exact) mass is 437 g/mol. The predicted molar refractivity (Wildman–Crippen MR) is 96.6 cm³/mol. The molecule has 1 saturated carbocycles. The minimum absolute atomic E-state index is 0.0143. The standard InChI is InChI=1S/C18H20BrN3O5/c1-27-16(24)5-3-10-2-4-13-18(26)21(7-6-20(10)13)14-8-11(14)12-9-15(23)22(19)17(12)25/h2,4,11-12,14H,3,5-9H2,1H3. The molecule has 2 aliphatic heterocycles. The van der Waals surface area contributed by atoms with Gasteiger partial charge in [-0.25, -0.2) is 3.93 Å². The Morgan fingerprint density at radius 3 is 2.70 bits per heavy atom. The number of methoxy groups -OCH3 is 1. The van der Waals surface area contributed by atoms with Gasteiger partial charge >= 0.3 is 5.97 Å². The number of amides is 3. The lowest BCUT2D eigenvalue weighted by atomic mass is 10.0. The third-order valence-corrected chi connectivity index (χ3v) is 6.52. The van der Waals surface area contributed by atoms with Crippen molar-refractivity contribution in [1.29, 1.82) is 0 Å². The summed E-state index contributed by atoms with van der Waals surface area (Å²) in [6, 6.07) is 3.69. The molecule has 0 spiro atoms. The normalized spacial score (nSPS) is 27.2. The number of imide groups is 1. The third-order valence-electron chi connectivity index (χ3n) is 5.77. The molecule has 0 bridgehead atoms. The zero-order valence-electron chi connectivity index (χ0n) is 14.9. The van der Waals surface area contributed by atoms with Crippen LogP contribution in [0.15, 0.2) is 12.1 Å². The molecule has 8 nitrogen and oxygen atoms in total. The Labute approximate surface area is 164 Å². The predicted octanol–water partition coefficient (Wildman–Crippen LogP) is 1.12. The molecule has 3 unspecified atom stereocenters. The van der Waals surface area contributed by atoms with E-state index in [0.717, 1.165) is 16.0 Å². The van der Waals surface area contributed by atoms with E-state index in [1.807, 2.05) is 15.5 Å². The van der Waals surface area contributed by atoms with Crippen LogP contribution in [0.5, 0.6) is 0 Å². The average molecular weight is 438 g/mol. The van der Waals surface area contributed by atoms with Gasteiger partial charge in [0.25, 0.3) is 5.91 Å². The molecule has 1 saturated heterocycles. The molecular formula is C18H20BrN3O5. The van der Waals surface area contributed by atoms with E-state index in [0.29, 0.717) is 25.2 Å². The maximum Gasteiger partial charge on any atom is 0.305 e. The van der Waals surface area contributed by atoms with Gasteiger partial charge in [-0.05, 0) is 30.9 Å². The van der Waals surface area contributed by atoms with Crippen LogP contribution in [0.4, 0.5) is 0 Å². The number of hydrogen-bond donors (Lipinski definition) is 0. The fraction of sp³-hybridized carbons (Fsp3) is 0.556. The van der Waals surface area contributed by atoms with Crippen molar-refractivity contribution >= 4 is 39.8 Å². The molecule has 3 heterocycles. The summed E-state index contributed by atoms with van der Waals surface area (Å²) in [6.07, 6.45) is 1.78. The molecule has 27 heavy (non-hydrogen) atoms. The van der Waals surface area contributed by atoms with Crippen LogP contribution in [0.25, 0.3) is 0 Å². The minimum Gasteiger partial charge on any atom is -0.469 e. The molecule has 1 aliphatic carbocycles. The maximum absolute atomic E-state index is 12.9. The molecule has 1 aromatic heterocycles. The van der Waals surface area contributed by atoms with Crippen molar-refractivity contribution in [3.63, 3.8) is 0 Å². The molecule has 0 radical (unpaired) electrons. The fourth-order valence-electron chi connectivity index (χ4n) is 4.23. The number of hydrogen-bond acceptors (Lipinski definition) is 5. The van der Waals surface area contributed by atoms with Gasteiger partial charge < -0.3 is 14.2 Å². The van der Waals surface area contributed by atoms with Crippen molar-refractivity contribution in [3.05, 3.63) is 23.5 Å². The molecule has 0 aromatic carbocycles. The quantitative estimate of drug-likeness (QED) is 0.391. The van der Waals surface area contributed by atoms with E-state index in [1.165, 1.54) is 7.11 Å². The van der Waals surface area contributed by atoms with Crippen LogP contribution >= 0.6 is 16.1 Å². The number of rotatable bonds is 5. The number of aryl methyl sites for hydroxylation is 1. The molecule has 144 valence electrons. The van der Waals surface area contributed by atoms with Gasteiger partial charge in [0.2, 0.25) is 11.8 Å². The topological polar surface area (TPSA) is 88.9 Å². The van der Waals surface area contributed by atoms with Gasteiger partial charge in [0.15, 0.2) is 0 Å². The Bertz CT molecular complexity index is 835. The fourth-order valence-corrected chi connectivity index (χ4v) is 4.64. The summed E-state index contributed by atoms with van der Waals surface area (Å²) < 4.78 is 7.65. The minimum atomic E-state index is -0.334. The Morgan fingerprint density at radius 1 is 1.26 bits per heavy atom. The van der Waals surface area contributed by atoms with Crippen LogP contribution in [-0.4, -0.2) is 56.8 Å². The van der Waals surface area contributed by atoms with Gasteiger partial charge in [-0.3, -0.25) is 19.2 Å². The van der Waals surface area contributed by atoms with E-state index in [9.17, 15) is 19.2 Å². The molecule has 4 rings (SSSR count). The van der Waals surface area contributed by atoms with Crippen molar-refractivity contribution in [2.75, 3.05) is 13.7 Å². The summed E-state index contributed by atoms with van der Waals surface area (Å²) in [5, 5.41) is 0. The molecule has 0 N–H and O–H groups in total. The maximum atomic E-state index is 12.9. The van der Waals surface area contributed by atoms with Crippen molar-refractivity contribution in [3.8, 4) is 0 Å². The summed E-state index contributed by atoms with van der Waals surface area (Å²) >= 11 is 3.00. The number of carbonyl (C=O) groups is 4. The molecule has 9 heteroatoms. The van der Waals surface area contributed by atoms with Gasteiger partial charge in [0, 0.05) is 31.2 Å². The number of halogens is 1. The Hall–Kier alpha value is -2.16. The first-order chi connectivity index (χ1) is 12.9. The van der Waals surface area contributed by atoms with Crippen LogP contribution in [0.1, 0.15) is 35.4 Å². The second-order valence-corrected chi connectivity index (χ2v) is 7.94. The summed E-state index contributed by atoms with van der Waals surface area (Å²) in [6.45, 7) is 1.23. The van der Waals surface area contributed by atoms with Crippen molar-refractivity contribution < 1.29 is 23.9 Å². The molecule has 3 amide bonds. The lowest BCUT2D eigenvalue weighted by molar-refractivity contribution is -0.140. The smallest absolute Gasteiger partial charge is 0.305 e. The number of nitrogens with zero attached hydrogens (tertiary/aromatic N) is 3. The van der Waals surface area contributed by atoms with Crippen molar-refractivity contribution in [2.24, 2.45) is 11.8 Å². The van der Waals surface area contributed by atoms with E-state index in [1.54, 1.807) is 6.07 Å². The van der Waals surface area contributed by atoms with E-state index in [2.05, 4.69) is 20.9 Å². The summed E-state index contributed by atoms with van der Waals surface area (Å²) in [7, 11) is 1.36. The first kappa shape index (κ1) is 18.2.